The molecule has 1 saturated carbocycles. The van der Waals surface area contributed by atoms with Crippen LogP contribution in [0.2, 0.25) is 0 Å². The number of non-ortho nitro benzene ring substituents is 1. The molecule has 7 nitrogen and oxygen atoms in total. The molecule has 1 fully saturated rings. The summed E-state index contributed by atoms with van der Waals surface area (Å²) in [6, 6.07) is 3.95. The van der Waals surface area contributed by atoms with E-state index < -0.39 is 4.92 Å². The van der Waals surface area contributed by atoms with Gasteiger partial charge >= 0.3 is 0 Å². The van der Waals surface area contributed by atoms with Crippen molar-refractivity contribution in [2.24, 2.45) is 5.92 Å². The van der Waals surface area contributed by atoms with Crippen LogP contribution in [0.1, 0.15) is 29.6 Å². The van der Waals surface area contributed by atoms with E-state index in [9.17, 15) is 14.9 Å². The molecule has 1 aromatic carbocycles. The Bertz CT molecular complexity index is 543. The lowest BCUT2D eigenvalue weighted by Gasteiger charge is -2.09. The molecule has 1 N–H and O–H groups in total. The highest BCUT2D eigenvalue weighted by Crippen LogP contribution is 2.28. The maximum Gasteiger partial charge on any atom is 0.270 e. The molecule has 0 saturated heterocycles. The van der Waals surface area contributed by atoms with Gasteiger partial charge in [0.05, 0.1) is 17.6 Å². The van der Waals surface area contributed by atoms with Crippen molar-refractivity contribution >= 4 is 11.6 Å². The Hall–Kier alpha value is -2.15. The van der Waals surface area contributed by atoms with Gasteiger partial charge in [0.15, 0.2) is 0 Å². The first kappa shape index (κ1) is 16.2. The van der Waals surface area contributed by atoms with E-state index in [0.717, 1.165) is 12.5 Å². The molecule has 0 radical (unpaired) electrons. The lowest BCUT2D eigenvalue weighted by Crippen LogP contribution is -2.26. The summed E-state index contributed by atoms with van der Waals surface area (Å²) in [5, 5.41) is 13.5. The number of amides is 1. The summed E-state index contributed by atoms with van der Waals surface area (Å²) in [6.07, 6.45) is 3.21. The minimum atomic E-state index is -0.540. The number of nitrogens with one attached hydrogen (secondary N) is 1. The van der Waals surface area contributed by atoms with E-state index in [1.54, 1.807) is 0 Å². The molecular formula is C15H20N2O5. The molecule has 0 atom stereocenters. The highest BCUT2D eigenvalue weighted by molar-refractivity contribution is 5.97. The van der Waals surface area contributed by atoms with Crippen molar-refractivity contribution in [2.45, 2.75) is 19.3 Å². The number of benzene rings is 1. The van der Waals surface area contributed by atoms with Gasteiger partial charge in [-0.05, 0) is 31.2 Å². The maximum atomic E-state index is 12.1. The Labute approximate surface area is 128 Å². The van der Waals surface area contributed by atoms with Crippen molar-refractivity contribution in [3.63, 3.8) is 0 Å². The Morgan fingerprint density at radius 1 is 1.45 bits per heavy atom. The van der Waals surface area contributed by atoms with Gasteiger partial charge in [-0.2, -0.15) is 0 Å². The minimum Gasteiger partial charge on any atom is -0.496 e. The van der Waals surface area contributed by atoms with Crippen LogP contribution in [0.5, 0.6) is 5.75 Å². The zero-order chi connectivity index (χ0) is 15.9. The van der Waals surface area contributed by atoms with Crippen LogP contribution in [-0.4, -0.2) is 37.7 Å². The van der Waals surface area contributed by atoms with Crippen molar-refractivity contribution < 1.29 is 19.2 Å². The molecule has 0 aromatic heterocycles. The number of methoxy groups -OCH3 is 1. The first-order valence-corrected chi connectivity index (χ1v) is 7.30. The number of ether oxygens (including phenoxy) is 2. The fraction of sp³-hybridized carbons (Fsp3) is 0.533. The van der Waals surface area contributed by atoms with E-state index in [1.807, 2.05) is 0 Å². The molecule has 0 spiro atoms. The normalized spacial score (nSPS) is 13.7. The average Bonchev–Trinajstić information content (AvgIpc) is 3.33. The summed E-state index contributed by atoms with van der Waals surface area (Å²) in [6.45, 7) is 1.85. The van der Waals surface area contributed by atoms with E-state index in [1.165, 1.54) is 38.2 Å². The SMILES string of the molecule is COc1ccc([N+](=O)[O-])cc1C(=O)NCCCOCC1CC1. The standard InChI is InChI=1S/C15H20N2O5/c1-21-14-6-5-12(17(19)20)9-13(14)15(18)16-7-2-8-22-10-11-3-4-11/h5-6,9,11H,2-4,7-8,10H2,1H3,(H,16,18). The van der Waals surface area contributed by atoms with Gasteiger partial charge < -0.3 is 14.8 Å². The monoisotopic (exact) mass is 308 g/mol. The third-order valence-corrected chi connectivity index (χ3v) is 3.44. The zero-order valence-corrected chi connectivity index (χ0v) is 12.5. The number of nitrogens with zero attached hydrogens (tertiary/aromatic N) is 1. The van der Waals surface area contributed by atoms with Gasteiger partial charge in [-0.25, -0.2) is 0 Å². The smallest absolute Gasteiger partial charge is 0.270 e. The Kier molecular flexibility index (Phi) is 5.71. The third-order valence-electron chi connectivity index (χ3n) is 3.44. The van der Waals surface area contributed by atoms with Crippen molar-refractivity contribution in [2.75, 3.05) is 26.9 Å². The van der Waals surface area contributed by atoms with Crippen molar-refractivity contribution in [1.82, 2.24) is 5.32 Å². The van der Waals surface area contributed by atoms with Gasteiger partial charge in [-0.1, -0.05) is 0 Å². The molecule has 0 unspecified atom stereocenters. The van der Waals surface area contributed by atoms with Gasteiger partial charge in [-0.3, -0.25) is 14.9 Å². The maximum absolute atomic E-state index is 12.1. The summed E-state index contributed by atoms with van der Waals surface area (Å²) in [7, 11) is 1.42. The van der Waals surface area contributed by atoms with Crippen molar-refractivity contribution in [3.05, 3.63) is 33.9 Å². The number of nitro groups is 1. The molecule has 1 amide bonds. The number of carbonyl (C=O) groups excluding carboxylic acids is 1. The summed E-state index contributed by atoms with van der Waals surface area (Å²) < 4.78 is 10.5. The van der Waals surface area contributed by atoms with Crippen LogP contribution >= 0.6 is 0 Å². The molecule has 120 valence electrons. The molecule has 1 aromatic rings. The van der Waals surface area contributed by atoms with E-state index in [2.05, 4.69) is 5.32 Å². The van der Waals surface area contributed by atoms with Crippen LogP contribution in [-0.2, 0) is 4.74 Å². The molecular weight excluding hydrogens is 288 g/mol. The molecule has 22 heavy (non-hydrogen) atoms. The molecule has 7 heteroatoms. The second kappa shape index (κ2) is 7.74. The van der Waals surface area contributed by atoms with Crippen LogP contribution in [0, 0.1) is 16.0 Å². The topological polar surface area (TPSA) is 90.7 Å². The predicted octanol–water partition coefficient (Wildman–Crippen LogP) is 2.15. The zero-order valence-electron chi connectivity index (χ0n) is 12.5. The van der Waals surface area contributed by atoms with Crippen molar-refractivity contribution in [3.8, 4) is 5.75 Å². The lowest BCUT2D eigenvalue weighted by atomic mass is 10.1. The molecule has 0 heterocycles. The van der Waals surface area contributed by atoms with E-state index in [4.69, 9.17) is 9.47 Å². The van der Waals surface area contributed by atoms with Gasteiger partial charge in [-0.15, -0.1) is 0 Å². The van der Waals surface area contributed by atoms with Crippen LogP contribution < -0.4 is 10.1 Å². The summed E-state index contributed by atoms with van der Waals surface area (Å²) >= 11 is 0. The van der Waals surface area contributed by atoms with Crippen LogP contribution in [0.3, 0.4) is 0 Å². The largest absolute Gasteiger partial charge is 0.496 e. The molecule has 1 aliphatic carbocycles. The van der Waals surface area contributed by atoms with Gasteiger partial charge in [0.25, 0.3) is 11.6 Å². The summed E-state index contributed by atoms with van der Waals surface area (Å²) in [5.74, 6) is 0.652. The number of hydrogen-bond acceptors (Lipinski definition) is 5. The quantitative estimate of drug-likeness (QED) is 0.429. The Morgan fingerprint density at radius 2 is 2.23 bits per heavy atom. The number of rotatable bonds is 9. The summed E-state index contributed by atoms with van der Waals surface area (Å²) in [5.41, 5.74) is 0.0225. The highest BCUT2D eigenvalue weighted by Gasteiger charge is 2.21. The number of hydrogen-bond donors (Lipinski definition) is 1. The fourth-order valence-corrected chi connectivity index (χ4v) is 1.99. The van der Waals surface area contributed by atoms with E-state index in [0.29, 0.717) is 25.3 Å². The first-order valence-electron chi connectivity index (χ1n) is 7.30. The van der Waals surface area contributed by atoms with Crippen LogP contribution in [0.4, 0.5) is 5.69 Å². The van der Waals surface area contributed by atoms with Gasteiger partial charge in [0.1, 0.15) is 5.75 Å². The van der Waals surface area contributed by atoms with E-state index in [-0.39, 0.29) is 17.2 Å². The summed E-state index contributed by atoms with van der Waals surface area (Å²) in [4.78, 5) is 22.3. The van der Waals surface area contributed by atoms with Crippen LogP contribution in [0.15, 0.2) is 18.2 Å². The highest BCUT2D eigenvalue weighted by atomic mass is 16.6. The fourth-order valence-electron chi connectivity index (χ4n) is 1.99. The number of nitro benzene ring substituents is 1. The predicted molar refractivity (Wildman–Crippen MR) is 80.1 cm³/mol. The average molecular weight is 308 g/mol. The van der Waals surface area contributed by atoms with Gasteiger partial charge in [0, 0.05) is 31.9 Å². The Balaban J connectivity index is 1.81. The van der Waals surface area contributed by atoms with E-state index >= 15 is 0 Å². The van der Waals surface area contributed by atoms with Crippen molar-refractivity contribution in [1.29, 1.82) is 0 Å². The molecule has 2 rings (SSSR count). The first-order chi connectivity index (χ1) is 10.6. The van der Waals surface area contributed by atoms with Gasteiger partial charge in [0.2, 0.25) is 0 Å². The molecule has 0 bridgehead atoms. The second-order valence-corrected chi connectivity index (χ2v) is 5.27. The second-order valence-electron chi connectivity index (χ2n) is 5.27. The molecule has 1 aliphatic rings. The Morgan fingerprint density at radius 3 is 2.86 bits per heavy atom. The minimum absolute atomic E-state index is 0.140. The molecule has 0 aliphatic heterocycles. The third kappa shape index (κ3) is 4.70. The van der Waals surface area contributed by atoms with Crippen LogP contribution in [0.25, 0.3) is 0 Å². The lowest BCUT2D eigenvalue weighted by molar-refractivity contribution is -0.384. The number of carbonyl (C=O) groups is 1.